The topological polar surface area (TPSA) is 78.0 Å². The lowest BCUT2D eigenvalue weighted by molar-refractivity contribution is -0.384. The Hall–Kier alpha value is -3.02. The van der Waals surface area contributed by atoms with Gasteiger partial charge in [-0.2, -0.15) is 0 Å². The lowest BCUT2D eigenvalue weighted by Gasteiger charge is -2.13. The van der Waals surface area contributed by atoms with Gasteiger partial charge < -0.3 is 0 Å². The van der Waals surface area contributed by atoms with Gasteiger partial charge in [0.15, 0.2) is 0 Å². The molecule has 2 aromatic carbocycles. The van der Waals surface area contributed by atoms with Crippen LogP contribution in [0.2, 0.25) is 0 Å². The highest BCUT2D eigenvalue weighted by Crippen LogP contribution is 2.18. The molecule has 0 N–H and O–H groups in total. The van der Waals surface area contributed by atoms with Gasteiger partial charge in [-0.15, -0.1) is 0 Å². The number of para-hydroxylation sites is 1. The minimum atomic E-state index is -0.470. The zero-order valence-corrected chi connectivity index (χ0v) is 12.6. The van der Waals surface area contributed by atoms with E-state index in [9.17, 15) is 14.9 Å². The largest absolute Gasteiger partial charge is 0.271 e. The second-order valence-electron chi connectivity index (χ2n) is 5.21. The number of fused-ring (bicyclic) bond motifs is 1. The Morgan fingerprint density at radius 2 is 1.96 bits per heavy atom. The summed E-state index contributed by atoms with van der Waals surface area (Å²) in [4.78, 5) is 28.0. The second-order valence-corrected chi connectivity index (χ2v) is 5.21. The van der Waals surface area contributed by atoms with Crippen LogP contribution < -0.4 is 5.56 Å². The van der Waals surface area contributed by atoms with Crippen molar-refractivity contribution in [2.75, 3.05) is 0 Å². The SMILES string of the molecule is CCCc1nc2ccccc2c(=O)n1-c1cccc([N+](=O)[O-])c1. The maximum absolute atomic E-state index is 12.9. The number of hydrogen-bond donors (Lipinski definition) is 0. The van der Waals surface area contributed by atoms with Gasteiger partial charge in [-0.05, 0) is 24.6 Å². The van der Waals surface area contributed by atoms with Crippen molar-refractivity contribution in [3.63, 3.8) is 0 Å². The van der Waals surface area contributed by atoms with Crippen molar-refractivity contribution >= 4 is 16.6 Å². The Bertz CT molecular complexity index is 947. The fourth-order valence-electron chi connectivity index (χ4n) is 2.58. The summed E-state index contributed by atoms with van der Waals surface area (Å²) in [5, 5.41) is 11.5. The van der Waals surface area contributed by atoms with Crippen molar-refractivity contribution in [3.05, 3.63) is 74.8 Å². The Morgan fingerprint density at radius 3 is 2.70 bits per heavy atom. The molecule has 0 saturated carbocycles. The van der Waals surface area contributed by atoms with E-state index in [1.807, 2.05) is 13.0 Å². The number of nitrogens with zero attached hydrogens (tertiary/aromatic N) is 3. The first-order chi connectivity index (χ1) is 11.1. The molecule has 0 atom stereocenters. The summed E-state index contributed by atoms with van der Waals surface area (Å²) < 4.78 is 1.47. The van der Waals surface area contributed by atoms with Gasteiger partial charge in [0.2, 0.25) is 0 Å². The van der Waals surface area contributed by atoms with Crippen molar-refractivity contribution < 1.29 is 4.92 Å². The highest BCUT2D eigenvalue weighted by atomic mass is 16.6. The van der Waals surface area contributed by atoms with Gasteiger partial charge in [-0.25, -0.2) is 4.98 Å². The van der Waals surface area contributed by atoms with Gasteiger partial charge in [0.05, 0.1) is 21.5 Å². The summed E-state index contributed by atoms with van der Waals surface area (Å²) in [6.07, 6.45) is 1.43. The third kappa shape index (κ3) is 2.70. The van der Waals surface area contributed by atoms with Crippen LogP contribution in [0.25, 0.3) is 16.6 Å². The predicted octanol–water partition coefficient (Wildman–Crippen LogP) is 3.25. The average molecular weight is 309 g/mol. The van der Waals surface area contributed by atoms with Crippen LogP contribution in [0.4, 0.5) is 5.69 Å². The molecular weight excluding hydrogens is 294 g/mol. The van der Waals surface area contributed by atoms with E-state index in [2.05, 4.69) is 4.98 Å². The number of nitro groups is 1. The molecule has 3 aromatic rings. The van der Waals surface area contributed by atoms with Crippen LogP contribution in [-0.2, 0) is 6.42 Å². The van der Waals surface area contributed by atoms with E-state index in [1.165, 1.54) is 16.7 Å². The van der Waals surface area contributed by atoms with Gasteiger partial charge in [0.25, 0.3) is 11.2 Å². The quantitative estimate of drug-likeness (QED) is 0.547. The third-order valence-electron chi connectivity index (χ3n) is 3.62. The summed E-state index contributed by atoms with van der Waals surface area (Å²) in [5.41, 5.74) is 0.845. The Labute approximate surface area is 132 Å². The third-order valence-corrected chi connectivity index (χ3v) is 3.62. The predicted molar refractivity (Wildman–Crippen MR) is 88.0 cm³/mol. The maximum atomic E-state index is 12.9. The van der Waals surface area contributed by atoms with E-state index in [0.717, 1.165) is 6.42 Å². The number of rotatable bonds is 4. The Morgan fingerprint density at radius 1 is 1.17 bits per heavy atom. The van der Waals surface area contributed by atoms with Crippen molar-refractivity contribution in [1.82, 2.24) is 9.55 Å². The molecule has 0 spiro atoms. The first kappa shape index (κ1) is 14.9. The van der Waals surface area contributed by atoms with E-state index in [4.69, 9.17) is 0 Å². The molecule has 1 heterocycles. The van der Waals surface area contributed by atoms with Crippen LogP contribution in [0.5, 0.6) is 0 Å². The van der Waals surface area contributed by atoms with Crippen LogP contribution in [0.1, 0.15) is 19.2 Å². The zero-order valence-electron chi connectivity index (χ0n) is 12.6. The summed E-state index contributed by atoms with van der Waals surface area (Å²) in [7, 11) is 0. The molecule has 116 valence electrons. The molecule has 0 amide bonds. The van der Waals surface area contributed by atoms with E-state index < -0.39 is 4.92 Å². The normalized spacial score (nSPS) is 10.8. The molecule has 0 radical (unpaired) electrons. The van der Waals surface area contributed by atoms with Crippen molar-refractivity contribution in [2.45, 2.75) is 19.8 Å². The minimum absolute atomic E-state index is 0.0509. The average Bonchev–Trinajstić information content (AvgIpc) is 2.55. The molecule has 0 bridgehead atoms. The molecule has 3 rings (SSSR count). The van der Waals surface area contributed by atoms with Crippen LogP contribution in [0.15, 0.2) is 53.3 Å². The summed E-state index contributed by atoms with van der Waals surface area (Å²) >= 11 is 0. The maximum Gasteiger partial charge on any atom is 0.271 e. The smallest absolute Gasteiger partial charge is 0.268 e. The van der Waals surface area contributed by atoms with Gasteiger partial charge >= 0.3 is 0 Å². The number of nitro benzene ring substituents is 1. The standard InChI is InChI=1S/C17H15N3O3/c1-2-6-16-18-15-10-4-3-9-14(15)17(21)19(16)12-7-5-8-13(11-12)20(22)23/h3-5,7-11H,2,6H2,1H3. The highest BCUT2D eigenvalue weighted by Gasteiger charge is 2.14. The number of hydrogen-bond acceptors (Lipinski definition) is 4. The number of non-ortho nitro benzene ring substituents is 1. The Balaban J connectivity index is 2.33. The first-order valence-corrected chi connectivity index (χ1v) is 7.37. The molecule has 1 aromatic heterocycles. The number of aryl methyl sites for hydroxylation is 1. The van der Waals surface area contributed by atoms with Crippen LogP contribution in [-0.4, -0.2) is 14.5 Å². The van der Waals surface area contributed by atoms with E-state index in [0.29, 0.717) is 28.8 Å². The molecule has 0 fully saturated rings. The van der Waals surface area contributed by atoms with Crippen molar-refractivity contribution in [2.24, 2.45) is 0 Å². The van der Waals surface area contributed by atoms with Crippen LogP contribution in [0.3, 0.4) is 0 Å². The van der Waals surface area contributed by atoms with Gasteiger partial charge in [-0.3, -0.25) is 19.5 Å². The molecule has 23 heavy (non-hydrogen) atoms. The van der Waals surface area contributed by atoms with E-state index >= 15 is 0 Å². The fourth-order valence-corrected chi connectivity index (χ4v) is 2.58. The summed E-state index contributed by atoms with van der Waals surface area (Å²) in [6.45, 7) is 2.00. The summed E-state index contributed by atoms with van der Waals surface area (Å²) in [5.74, 6) is 0.608. The molecule has 6 nitrogen and oxygen atoms in total. The highest BCUT2D eigenvalue weighted by molar-refractivity contribution is 5.77. The molecule has 0 aliphatic rings. The lowest BCUT2D eigenvalue weighted by atomic mass is 10.2. The van der Waals surface area contributed by atoms with Gasteiger partial charge in [-0.1, -0.05) is 25.1 Å². The van der Waals surface area contributed by atoms with Crippen molar-refractivity contribution in [1.29, 1.82) is 0 Å². The molecular formula is C17H15N3O3. The van der Waals surface area contributed by atoms with E-state index in [-0.39, 0.29) is 11.2 Å². The zero-order chi connectivity index (χ0) is 16.4. The van der Waals surface area contributed by atoms with Crippen LogP contribution >= 0.6 is 0 Å². The fraction of sp³-hybridized carbons (Fsp3) is 0.176. The first-order valence-electron chi connectivity index (χ1n) is 7.37. The molecule has 0 saturated heterocycles. The molecule has 0 unspecified atom stereocenters. The monoisotopic (exact) mass is 309 g/mol. The number of aromatic nitrogens is 2. The van der Waals surface area contributed by atoms with E-state index in [1.54, 1.807) is 30.3 Å². The molecule has 0 aliphatic heterocycles. The number of benzene rings is 2. The molecule has 6 heteroatoms. The lowest BCUT2D eigenvalue weighted by Crippen LogP contribution is -2.24. The van der Waals surface area contributed by atoms with Gasteiger partial charge in [0, 0.05) is 18.6 Å². The van der Waals surface area contributed by atoms with Crippen LogP contribution in [0, 0.1) is 10.1 Å². The molecule has 0 aliphatic carbocycles. The summed E-state index contributed by atoms with van der Waals surface area (Å²) in [6, 6.07) is 13.2. The second kappa shape index (κ2) is 6.00. The Kier molecular flexibility index (Phi) is 3.89. The van der Waals surface area contributed by atoms with Gasteiger partial charge in [0.1, 0.15) is 5.82 Å². The minimum Gasteiger partial charge on any atom is -0.268 e. The van der Waals surface area contributed by atoms with Crippen molar-refractivity contribution in [3.8, 4) is 5.69 Å².